The Bertz CT molecular complexity index is 783. The number of amides is 1. The van der Waals surface area contributed by atoms with Crippen molar-refractivity contribution in [3.05, 3.63) is 47.9 Å². The Hall–Kier alpha value is -2.58. The predicted octanol–water partition coefficient (Wildman–Crippen LogP) is 1.53. The Kier molecular flexibility index (Phi) is 5.50. The topological polar surface area (TPSA) is 80.7 Å². The number of hydrogen-bond acceptors (Lipinski definition) is 7. The molecule has 8 heteroatoms. The summed E-state index contributed by atoms with van der Waals surface area (Å²) in [5.74, 6) is 0.173. The van der Waals surface area contributed by atoms with E-state index in [-0.39, 0.29) is 5.91 Å². The van der Waals surface area contributed by atoms with Crippen molar-refractivity contribution >= 4 is 11.7 Å². The zero-order valence-corrected chi connectivity index (χ0v) is 16.1. The maximum Gasteiger partial charge on any atom is 0.274 e. The molecule has 2 aliphatic rings. The number of aromatic nitrogens is 3. The lowest BCUT2D eigenvalue weighted by atomic mass is 10.0. The number of likely N-dealkylation sites (N-methyl/N-ethyl adjacent to an activating group) is 1. The molecule has 0 bridgehead atoms. The number of nitrogens with zero attached hydrogens (tertiary/aromatic N) is 5. The van der Waals surface area contributed by atoms with E-state index in [1.165, 1.54) is 5.56 Å². The average molecular weight is 383 g/mol. The zero-order chi connectivity index (χ0) is 19.4. The van der Waals surface area contributed by atoms with Crippen molar-refractivity contribution in [3.8, 4) is 0 Å². The number of pyridine rings is 1. The fourth-order valence-corrected chi connectivity index (χ4v) is 3.60. The second-order valence-electron chi connectivity index (χ2n) is 7.20. The Morgan fingerprint density at radius 3 is 2.46 bits per heavy atom. The molecule has 2 fully saturated rings. The predicted molar refractivity (Wildman–Crippen MR) is 103 cm³/mol. The Morgan fingerprint density at radius 2 is 1.82 bits per heavy atom. The van der Waals surface area contributed by atoms with Gasteiger partial charge in [-0.05, 0) is 36.2 Å². The lowest BCUT2D eigenvalue weighted by Gasteiger charge is -2.37. The number of carbonyl (C=O) groups excluding carboxylic acids is 1. The fourth-order valence-electron chi connectivity index (χ4n) is 3.60. The van der Waals surface area contributed by atoms with Crippen molar-refractivity contribution in [3.63, 3.8) is 0 Å². The van der Waals surface area contributed by atoms with Crippen LogP contribution in [-0.2, 0) is 15.9 Å². The van der Waals surface area contributed by atoms with Gasteiger partial charge in [-0.25, -0.2) is 0 Å². The van der Waals surface area contributed by atoms with Crippen molar-refractivity contribution in [1.82, 2.24) is 20.1 Å². The second kappa shape index (κ2) is 8.20. The molecular weight excluding hydrogens is 358 g/mol. The van der Waals surface area contributed by atoms with Crippen LogP contribution in [0.15, 0.2) is 36.7 Å². The van der Waals surface area contributed by atoms with Crippen LogP contribution in [0.1, 0.15) is 28.9 Å². The van der Waals surface area contributed by atoms with E-state index in [0.717, 1.165) is 18.8 Å². The number of rotatable bonds is 5. The Labute approximate surface area is 164 Å². The van der Waals surface area contributed by atoms with Gasteiger partial charge >= 0.3 is 0 Å². The van der Waals surface area contributed by atoms with E-state index in [0.29, 0.717) is 44.8 Å². The summed E-state index contributed by atoms with van der Waals surface area (Å²) in [5.41, 5.74) is 1.59. The highest BCUT2D eigenvalue weighted by molar-refractivity contribution is 5.92. The van der Waals surface area contributed by atoms with Gasteiger partial charge in [0.2, 0.25) is 0 Å². The Morgan fingerprint density at radius 1 is 1.11 bits per heavy atom. The van der Waals surface area contributed by atoms with Crippen molar-refractivity contribution in [2.24, 2.45) is 0 Å². The van der Waals surface area contributed by atoms with E-state index in [1.807, 2.05) is 30.1 Å². The van der Waals surface area contributed by atoms with Gasteiger partial charge in [-0.1, -0.05) is 0 Å². The molecule has 2 saturated heterocycles. The first-order valence-electron chi connectivity index (χ1n) is 9.66. The van der Waals surface area contributed by atoms with Crippen LogP contribution in [0, 0.1) is 0 Å². The fraction of sp³-hybridized carbons (Fsp3) is 0.500. The first-order valence-corrected chi connectivity index (χ1v) is 9.66. The van der Waals surface area contributed by atoms with Crippen molar-refractivity contribution < 1.29 is 14.3 Å². The van der Waals surface area contributed by atoms with Crippen LogP contribution >= 0.6 is 0 Å². The van der Waals surface area contributed by atoms with E-state index in [4.69, 9.17) is 9.47 Å². The summed E-state index contributed by atoms with van der Waals surface area (Å²) in [7, 11) is 1.97. The third-order valence-electron chi connectivity index (χ3n) is 5.37. The molecule has 0 saturated carbocycles. The number of hydrogen-bond donors (Lipinski definition) is 0. The number of likely N-dealkylation sites (tertiary alicyclic amines) is 1. The molecule has 0 unspecified atom stereocenters. The van der Waals surface area contributed by atoms with Gasteiger partial charge < -0.3 is 19.3 Å². The molecule has 0 radical (unpaired) electrons. The van der Waals surface area contributed by atoms with Crippen molar-refractivity contribution in [2.45, 2.75) is 25.0 Å². The number of carbonyl (C=O) groups is 1. The van der Waals surface area contributed by atoms with Crippen LogP contribution in [0.4, 0.5) is 5.82 Å². The third-order valence-corrected chi connectivity index (χ3v) is 5.37. The molecular formula is C20H25N5O3. The standard InChI is InChI=1S/C20H25N5O3/c1-24(11-6-16-4-9-21-10-5-16)18-3-2-17(22-23-18)19(26)25-12-7-20(8-13-25)27-14-15-28-20/h2-5,9-10H,6-8,11-15H2,1H3. The lowest BCUT2D eigenvalue weighted by molar-refractivity contribution is -0.181. The van der Waals surface area contributed by atoms with E-state index in [2.05, 4.69) is 15.2 Å². The maximum atomic E-state index is 12.7. The highest BCUT2D eigenvalue weighted by Crippen LogP contribution is 2.31. The minimum Gasteiger partial charge on any atom is -0.358 e. The van der Waals surface area contributed by atoms with Gasteiger partial charge in [0.15, 0.2) is 17.3 Å². The van der Waals surface area contributed by atoms with Crippen molar-refractivity contribution in [2.75, 3.05) is 44.8 Å². The highest BCUT2D eigenvalue weighted by Gasteiger charge is 2.41. The van der Waals surface area contributed by atoms with E-state index in [9.17, 15) is 4.79 Å². The summed E-state index contributed by atoms with van der Waals surface area (Å²) in [6.07, 6.45) is 5.87. The smallest absolute Gasteiger partial charge is 0.274 e. The summed E-state index contributed by atoms with van der Waals surface area (Å²) in [6.45, 7) is 3.29. The molecule has 8 nitrogen and oxygen atoms in total. The molecule has 0 aromatic carbocycles. The van der Waals surface area contributed by atoms with Crippen LogP contribution < -0.4 is 4.90 Å². The van der Waals surface area contributed by atoms with Crippen LogP contribution in [-0.4, -0.2) is 71.7 Å². The summed E-state index contributed by atoms with van der Waals surface area (Å²) < 4.78 is 11.4. The van der Waals surface area contributed by atoms with Gasteiger partial charge in [0.05, 0.1) is 13.2 Å². The van der Waals surface area contributed by atoms with Gasteiger partial charge in [-0.2, -0.15) is 0 Å². The summed E-state index contributed by atoms with van der Waals surface area (Å²) in [4.78, 5) is 20.6. The Balaban J connectivity index is 1.31. The summed E-state index contributed by atoms with van der Waals surface area (Å²) >= 11 is 0. The lowest BCUT2D eigenvalue weighted by Crippen LogP contribution is -2.47. The van der Waals surface area contributed by atoms with Crippen LogP contribution in [0.5, 0.6) is 0 Å². The molecule has 148 valence electrons. The molecule has 2 aliphatic heterocycles. The largest absolute Gasteiger partial charge is 0.358 e. The molecule has 4 rings (SSSR count). The minimum atomic E-state index is -0.482. The van der Waals surface area contributed by atoms with Crippen LogP contribution in [0.2, 0.25) is 0 Å². The second-order valence-corrected chi connectivity index (χ2v) is 7.20. The average Bonchev–Trinajstić information content (AvgIpc) is 3.21. The SMILES string of the molecule is CN(CCc1ccncc1)c1ccc(C(=O)N2CCC3(CC2)OCCO3)nn1. The summed E-state index contributed by atoms with van der Waals surface area (Å²) in [6, 6.07) is 7.61. The van der Waals surface area contributed by atoms with Gasteiger partial charge in [0, 0.05) is 51.9 Å². The molecule has 0 N–H and O–H groups in total. The first kappa shape index (κ1) is 18.8. The zero-order valence-electron chi connectivity index (χ0n) is 16.1. The minimum absolute atomic E-state index is 0.0914. The number of ether oxygens (including phenoxy) is 2. The molecule has 0 atom stereocenters. The molecule has 4 heterocycles. The van der Waals surface area contributed by atoms with Crippen molar-refractivity contribution in [1.29, 1.82) is 0 Å². The van der Waals surface area contributed by atoms with Gasteiger partial charge in [-0.3, -0.25) is 9.78 Å². The van der Waals surface area contributed by atoms with Gasteiger partial charge in [0.25, 0.3) is 5.91 Å². The van der Waals surface area contributed by atoms with Gasteiger partial charge in [-0.15, -0.1) is 10.2 Å². The molecule has 2 aromatic heterocycles. The van der Waals surface area contributed by atoms with Gasteiger partial charge in [0.1, 0.15) is 0 Å². The maximum absolute atomic E-state index is 12.7. The van der Waals surface area contributed by atoms with E-state index in [1.54, 1.807) is 23.4 Å². The first-order chi connectivity index (χ1) is 13.7. The highest BCUT2D eigenvalue weighted by atomic mass is 16.7. The molecule has 0 aliphatic carbocycles. The molecule has 1 amide bonds. The van der Waals surface area contributed by atoms with E-state index >= 15 is 0 Å². The molecule has 1 spiro atoms. The quantitative estimate of drug-likeness (QED) is 0.774. The van der Waals surface area contributed by atoms with Crippen LogP contribution in [0.25, 0.3) is 0 Å². The van der Waals surface area contributed by atoms with Crippen LogP contribution in [0.3, 0.4) is 0 Å². The monoisotopic (exact) mass is 383 g/mol. The summed E-state index contributed by atoms with van der Waals surface area (Å²) in [5, 5.41) is 8.41. The molecule has 2 aromatic rings. The number of anilines is 1. The molecule has 28 heavy (non-hydrogen) atoms. The van der Waals surface area contributed by atoms with E-state index < -0.39 is 5.79 Å². The normalized spacial score (nSPS) is 18.4. The number of piperidine rings is 1. The third kappa shape index (κ3) is 4.13.